The maximum atomic E-state index is 13.8. The molecule has 36 heteroatoms. The minimum atomic E-state index is -4.65. The van der Waals surface area contributed by atoms with Gasteiger partial charge in [-0.05, 0) is 124 Å². The fourth-order valence-corrected chi connectivity index (χ4v) is 15.5. The van der Waals surface area contributed by atoms with Crippen molar-refractivity contribution in [1.82, 2.24) is 66.0 Å². The molecular formula is C65H64Cl4F6N14O9S3. The highest BCUT2D eigenvalue weighted by molar-refractivity contribution is 7.91. The van der Waals surface area contributed by atoms with E-state index in [-0.39, 0.29) is 94.7 Å². The number of alkyl halides is 6. The number of hydrogen-bond acceptors (Lipinski definition) is 14. The molecule has 4 aromatic carbocycles. The predicted molar refractivity (Wildman–Crippen MR) is 376 cm³/mol. The van der Waals surface area contributed by atoms with Crippen LogP contribution in [0, 0.1) is 6.92 Å². The molecule has 536 valence electrons. The first-order chi connectivity index (χ1) is 47.5. The number of sulfone groups is 3. The van der Waals surface area contributed by atoms with Crippen LogP contribution in [0.1, 0.15) is 85.6 Å². The van der Waals surface area contributed by atoms with Gasteiger partial charge in [-0.3, -0.25) is 37.4 Å². The van der Waals surface area contributed by atoms with Crippen molar-refractivity contribution in [3.63, 3.8) is 0 Å². The third-order valence-corrected chi connectivity index (χ3v) is 21.4. The van der Waals surface area contributed by atoms with Crippen LogP contribution in [0.25, 0.3) is 66.2 Å². The molecule has 12 aromatic rings. The van der Waals surface area contributed by atoms with E-state index in [4.69, 9.17) is 51.4 Å². The summed E-state index contributed by atoms with van der Waals surface area (Å²) in [7, 11) is -9.46. The fraction of sp³-hybridized carbons (Fsp3) is 0.385. The third-order valence-electron chi connectivity index (χ3n) is 17.3. The topological polar surface area (TPSA) is 262 Å². The smallest absolute Gasteiger partial charge is 0.326 e. The van der Waals surface area contributed by atoms with Crippen molar-refractivity contribution in [1.29, 1.82) is 0 Å². The predicted octanol–water partition coefficient (Wildman–Crippen LogP) is 11.9. The molecule has 23 nitrogen and oxygen atoms in total. The van der Waals surface area contributed by atoms with Crippen molar-refractivity contribution in [3.8, 4) is 0 Å². The quantitative estimate of drug-likeness (QED) is 0.0606. The number of fused-ring (bicyclic) bond motifs is 6. The number of aryl methyl sites for hydroxylation is 4. The molecule has 0 bridgehead atoms. The summed E-state index contributed by atoms with van der Waals surface area (Å²) < 4.78 is 164. The molecule has 2 fully saturated rings. The number of rotatable bonds is 21. The van der Waals surface area contributed by atoms with Crippen LogP contribution in [-0.4, -0.2) is 133 Å². The van der Waals surface area contributed by atoms with Gasteiger partial charge in [-0.1, -0.05) is 52.5 Å². The number of aromatic nitrogens is 14. The minimum absolute atomic E-state index is 0.0322. The number of pyridine rings is 2. The fourth-order valence-electron chi connectivity index (χ4n) is 12.7. The van der Waals surface area contributed by atoms with Crippen molar-refractivity contribution >= 4 is 142 Å². The van der Waals surface area contributed by atoms with E-state index in [1.807, 2.05) is 22.1 Å². The molecule has 2 aliphatic rings. The summed E-state index contributed by atoms with van der Waals surface area (Å²) in [5.74, 6) is 1.46. The van der Waals surface area contributed by atoms with Gasteiger partial charge in [-0.2, -0.15) is 26.3 Å². The monoisotopic (exact) mass is 1530 g/mol. The van der Waals surface area contributed by atoms with Crippen LogP contribution in [0.3, 0.4) is 0 Å². The zero-order valence-electron chi connectivity index (χ0n) is 54.4. The van der Waals surface area contributed by atoms with E-state index in [9.17, 15) is 66.0 Å². The van der Waals surface area contributed by atoms with Crippen LogP contribution >= 0.6 is 46.4 Å². The molecule has 8 aromatic heterocycles. The van der Waals surface area contributed by atoms with Gasteiger partial charge in [0.15, 0.2) is 0 Å². The molecule has 101 heavy (non-hydrogen) atoms. The van der Waals surface area contributed by atoms with Crippen LogP contribution in [-0.2, 0) is 81.5 Å². The van der Waals surface area contributed by atoms with Gasteiger partial charge < -0.3 is 13.7 Å². The van der Waals surface area contributed by atoms with Gasteiger partial charge in [0.2, 0.25) is 0 Å². The van der Waals surface area contributed by atoms with E-state index < -0.39 is 65.4 Å². The minimum Gasteiger partial charge on any atom is -0.326 e. The molecule has 0 radical (unpaired) electrons. The van der Waals surface area contributed by atoms with Crippen molar-refractivity contribution in [2.24, 2.45) is 0 Å². The Morgan fingerprint density at radius 3 is 1.24 bits per heavy atom. The largest absolute Gasteiger partial charge is 0.418 e. The molecule has 2 saturated carbocycles. The van der Waals surface area contributed by atoms with E-state index in [0.717, 1.165) is 63.6 Å². The van der Waals surface area contributed by atoms with Gasteiger partial charge in [0.25, 0.3) is 0 Å². The molecule has 0 unspecified atom stereocenters. The number of para-hydroxylation sites is 1. The van der Waals surface area contributed by atoms with Crippen molar-refractivity contribution < 1.29 is 51.6 Å². The van der Waals surface area contributed by atoms with E-state index in [2.05, 4.69) is 19.9 Å². The van der Waals surface area contributed by atoms with Gasteiger partial charge >= 0.3 is 29.4 Å². The number of nitrogens with zero attached hydrogens (tertiary/aromatic N) is 14. The second-order valence-electron chi connectivity index (χ2n) is 25.4. The zero-order chi connectivity index (χ0) is 72.6. The summed E-state index contributed by atoms with van der Waals surface area (Å²) in [6.07, 6.45) is 4.57. The lowest BCUT2D eigenvalue weighted by molar-refractivity contribution is -0.140. The first-order valence-corrected chi connectivity index (χ1v) is 39.3. The maximum absolute atomic E-state index is 13.8. The summed E-state index contributed by atoms with van der Waals surface area (Å²) in [5.41, 5.74) is 4.45. The van der Waals surface area contributed by atoms with Crippen molar-refractivity contribution in [2.75, 3.05) is 36.0 Å². The molecule has 2 aliphatic carbocycles. The van der Waals surface area contributed by atoms with Crippen molar-refractivity contribution in [2.45, 2.75) is 122 Å². The lowest BCUT2D eigenvalue weighted by atomic mass is 10.1. The summed E-state index contributed by atoms with van der Waals surface area (Å²) in [5, 5.41) is 1.37. The zero-order valence-corrected chi connectivity index (χ0v) is 59.8. The van der Waals surface area contributed by atoms with Gasteiger partial charge in [-0.25, -0.2) is 54.6 Å². The Hall–Kier alpha value is -8.01. The molecule has 0 aliphatic heterocycles. The molecule has 0 atom stereocenters. The molecule has 0 amide bonds. The van der Waals surface area contributed by atoms with Gasteiger partial charge in [0.05, 0.1) is 126 Å². The molecule has 0 N–H and O–H groups in total. The number of imidazole rings is 6. The Bertz CT molecular complexity index is 5810. The molecule has 0 spiro atoms. The standard InChI is InChI=1S/C23H22ClF3N4O3S.C22H24ClN5O3S.C20H18Cl2F3N5O3S/c1-35(33,34)11-3-10-29-18-9-6-14(24)12-17(18)28-20(29)13-30-19-5-2-4-16(23(25,26)27)21(19)31(22(30)32)15-7-8-15;1-14-11-24-12-19-21(14)28(16-5-6-16)22(29)27(19)13-20-25-17-10-15(23)4-7-18(17)26(20)8-3-9-32(2,30)31;1-34(32,33)6-2-5-28-15-4-3-12(21)7-14(15)27-17(28)10-29-16-9-26-8-13(22)18(16)30(19(29)31)11-20(23,24)25/h2,4-6,9,12,15H,3,7-8,10-11,13H2,1H3;4,7,10-12,16H,3,5-6,8-9,13H2,1-2H3;3-4,7-9H,2,5-6,10-11H2,1H3. The van der Waals surface area contributed by atoms with Crippen LogP contribution in [0.4, 0.5) is 26.3 Å². The van der Waals surface area contributed by atoms with Crippen LogP contribution < -0.4 is 17.1 Å². The van der Waals surface area contributed by atoms with Gasteiger partial charge in [-0.15, -0.1) is 0 Å². The summed E-state index contributed by atoms with van der Waals surface area (Å²) >= 11 is 24.5. The highest BCUT2D eigenvalue weighted by atomic mass is 35.5. The van der Waals surface area contributed by atoms with E-state index in [0.29, 0.717) is 97.9 Å². The number of benzene rings is 4. The Labute approximate surface area is 591 Å². The molecular weight excluding hydrogens is 1470 g/mol. The summed E-state index contributed by atoms with van der Waals surface area (Å²) in [6.45, 7) is 1.52. The first-order valence-electron chi connectivity index (χ1n) is 31.6. The SMILES string of the molecule is CS(=O)(=O)CCCn1c(Cn2c(=O)n(C3CC3)c3c(C(F)(F)F)cccc32)nc2cc(Cl)ccc21.CS(=O)(=O)CCCn1c(Cn2c(=O)n(CC(F)(F)F)c3c(Cl)cncc32)nc2cc(Cl)ccc21.Cc1cncc2c1n(C1CC1)c(=O)n2Cc1nc2cc(Cl)ccc2n1CCCS(C)(=O)=O. The van der Waals surface area contributed by atoms with Gasteiger partial charge in [0.1, 0.15) is 53.5 Å². The second-order valence-corrected chi connectivity index (χ2v) is 33.9. The molecule has 8 heterocycles. The van der Waals surface area contributed by atoms with Crippen LogP contribution in [0.5, 0.6) is 0 Å². The average molecular weight is 1540 g/mol. The summed E-state index contributed by atoms with van der Waals surface area (Å²) in [6, 6.07) is 19.3. The highest BCUT2D eigenvalue weighted by Crippen LogP contribution is 2.42. The summed E-state index contributed by atoms with van der Waals surface area (Å²) in [4.78, 5) is 62.0. The van der Waals surface area contributed by atoms with E-state index in [1.54, 1.807) is 74.6 Å². The first kappa shape index (κ1) is 72.8. The Kier molecular flexibility index (Phi) is 20.2. The molecule has 0 saturated heterocycles. The number of halogens is 10. The lowest BCUT2D eigenvalue weighted by Crippen LogP contribution is -2.30. The Balaban J connectivity index is 0.000000143. The lowest BCUT2D eigenvalue weighted by Gasteiger charge is -2.11. The van der Waals surface area contributed by atoms with Crippen LogP contribution in [0.15, 0.2) is 112 Å². The second kappa shape index (κ2) is 28.0. The molecule has 14 rings (SSSR count). The Morgan fingerprint density at radius 1 is 0.455 bits per heavy atom. The van der Waals surface area contributed by atoms with E-state index in [1.165, 1.54) is 39.9 Å². The highest BCUT2D eigenvalue weighted by Gasteiger charge is 2.39. The maximum Gasteiger partial charge on any atom is 0.418 e. The average Bonchev–Trinajstić information content (AvgIpc) is 1.57. The van der Waals surface area contributed by atoms with Crippen LogP contribution in [0.2, 0.25) is 20.1 Å². The van der Waals surface area contributed by atoms with Gasteiger partial charge in [0, 0.05) is 77.9 Å². The normalized spacial score (nSPS) is 14.1. The Morgan fingerprint density at radius 2 is 0.842 bits per heavy atom. The van der Waals surface area contributed by atoms with E-state index >= 15 is 0 Å². The van der Waals surface area contributed by atoms with Crippen molar-refractivity contribution in [3.05, 3.63) is 178 Å². The number of hydrogen-bond donors (Lipinski definition) is 0. The third kappa shape index (κ3) is 16.1.